The lowest BCUT2D eigenvalue weighted by atomic mass is 10.0. The second kappa shape index (κ2) is 16.0. The van der Waals surface area contributed by atoms with E-state index in [4.69, 9.17) is 15.5 Å². The van der Waals surface area contributed by atoms with Gasteiger partial charge in [0, 0.05) is 0 Å². The van der Waals surface area contributed by atoms with Gasteiger partial charge in [-0.3, -0.25) is 4.52 Å². The summed E-state index contributed by atoms with van der Waals surface area (Å²) in [6.07, 6.45) is 17.6. The first-order valence-corrected chi connectivity index (χ1v) is 11.2. The molecule has 5 N–H and O–H groups in total. The maximum atomic E-state index is 10.6. The molecule has 0 radical (unpaired) electrons. The molecule has 0 saturated heterocycles. The zero-order chi connectivity index (χ0) is 19.0. The SMILES string of the molecule is CCCCCCCCCCCCCC=C[C@@H](O)C(N)COP(=O)(O)O. The summed E-state index contributed by atoms with van der Waals surface area (Å²) in [5.74, 6) is 0. The first-order valence-electron chi connectivity index (χ1n) is 9.67. The first-order chi connectivity index (χ1) is 11.9. The number of unbranched alkanes of at least 4 members (excludes halogenated alkanes) is 11. The Kier molecular flexibility index (Phi) is 15.8. The molecule has 0 saturated carbocycles. The molecule has 0 heterocycles. The van der Waals surface area contributed by atoms with Crippen molar-refractivity contribution in [1.82, 2.24) is 0 Å². The lowest BCUT2D eigenvalue weighted by Gasteiger charge is -2.15. The van der Waals surface area contributed by atoms with Crippen molar-refractivity contribution < 1.29 is 24.0 Å². The zero-order valence-corrected chi connectivity index (χ0v) is 16.6. The van der Waals surface area contributed by atoms with Gasteiger partial charge in [0.1, 0.15) is 0 Å². The van der Waals surface area contributed by atoms with Gasteiger partial charge in [0.05, 0.1) is 18.8 Å². The van der Waals surface area contributed by atoms with Crippen LogP contribution in [0.5, 0.6) is 0 Å². The molecular formula is C18H38NO5P. The molecule has 0 aliphatic heterocycles. The average Bonchev–Trinajstić information content (AvgIpc) is 2.56. The van der Waals surface area contributed by atoms with Gasteiger partial charge in [0.15, 0.2) is 0 Å². The quantitative estimate of drug-likeness (QED) is 0.172. The van der Waals surface area contributed by atoms with Crippen LogP contribution in [-0.2, 0) is 9.09 Å². The summed E-state index contributed by atoms with van der Waals surface area (Å²) in [5.41, 5.74) is 5.60. The van der Waals surface area contributed by atoms with E-state index in [0.717, 1.165) is 12.8 Å². The number of rotatable bonds is 17. The molecule has 1 unspecified atom stereocenters. The zero-order valence-electron chi connectivity index (χ0n) is 15.7. The van der Waals surface area contributed by atoms with Crippen molar-refractivity contribution in [3.8, 4) is 0 Å². The van der Waals surface area contributed by atoms with Crippen LogP contribution in [0.2, 0.25) is 0 Å². The van der Waals surface area contributed by atoms with Crippen LogP contribution < -0.4 is 5.73 Å². The molecule has 150 valence electrons. The highest BCUT2D eigenvalue weighted by Crippen LogP contribution is 2.35. The highest BCUT2D eigenvalue weighted by atomic mass is 31.2. The molecule has 2 atom stereocenters. The molecule has 0 bridgehead atoms. The predicted octanol–water partition coefficient (Wildman–Crippen LogP) is 4.04. The molecule has 0 aromatic carbocycles. The van der Waals surface area contributed by atoms with Gasteiger partial charge in [-0.2, -0.15) is 0 Å². The fourth-order valence-corrected chi connectivity index (χ4v) is 2.95. The fraction of sp³-hybridized carbons (Fsp3) is 0.889. The molecular weight excluding hydrogens is 341 g/mol. The van der Waals surface area contributed by atoms with E-state index in [2.05, 4.69) is 11.4 Å². The normalized spacial score (nSPS) is 14.9. The molecule has 25 heavy (non-hydrogen) atoms. The summed E-state index contributed by atoms with van der Waals surface area (Å²) in [7, 11) is -4.53. The fourth-order valence-electron chi connectivity index (χ4n) is 2.59. The van der Waals surface area contributed by atoms with Crippen molar-refractivity contribution in [2.24, 2.45) is 5.73 Å². The Labute approximate surface area is 153 Å². The van der Waals surface area contributed by atoms with Gasteiger partial charge >= 0.3 is 7.82 Å². The van der Waals surface area contributed by atoms with Crippen molar-refractivity contribution >= 4 is 7.82 Å². The largest absolute Gasteiger partial charge is 0.469 e. The van der Waals surface area contributed by atoms with Crippen molar-refractivity contribution in [2.75, 3.05) is 6.61 Å². The summed E-state index contributed by atoms with van der Waals surface area (Å²) < 4.78 is 14.8. The summed E-state index contributed by atoms with van der Waals surface area (Å²) in [6, 6.07) is -0.846. The van der Waals surface area contributed by atoms with Crippen LogP contribution >= 0.6 is 7.82 Å². The minimum Gasteiger partial charge on any atom is -0.387 e. The number of phosphoric ester groups is 1. The second-order valence-corrected chi connectivity index (χ2v) is 7.93. The second-order valence-electron chi connectivity index (χ2n) is 6.69. The number of hydrogen-bond donors (Lipinski definition) is 4. The number of aliphatic hydroxyl groups excluding tert-OH is 1. The lowest BCUT2D eigenvalue weighted by Crippen LogP contribution is -2.37. The van der Waals surface area contributed by atoms with Gasteiger partial charge < -0.3 is 20.6 Å². The molecule has 0 aromatic rings. The molecule has 7 heteroatoms. The number of hydrogen-bond acceptors (Lipinski definition) is 4. The minimum absolute atomic E-state index is 0.381. The van der Waals surface area contributed by atoms with Crippen molar-refractivity contribution in [3.63, 3.8) is 0 Å². The van der Waals surface area contributed by atoms with Crippen LogP contribution in [0.3, 0.4) is 0 Å². The summed E-state index contributed by atoms with van der Waals surface area (Å²) in [5, 5.41) is 9.75. The monoisotopic (exact) mass is 379 g/mol. The van der Waals surface area contributed by atoms with Crippen molar-refractivity contribution in [3.05, 3.63) is 12.2 Å². The highest BCUT2D eigenvalue weighted by Gasteiger charge is 2.19. The molecule has 0 aliphatic carbocycles. The Balaban J connectivity index is 3.46. The Hall–Kier alpha value is -0.230. The van der Waals surface area contributed by atoms with Gasteiger partial charge in [-0.15, -0.1) is 0 Å². The molecule has 0 aromatic heterocycles. The minimum atomic E-state index is -4.53. The van der Waals surface area contributed by atoms with E-state index in [1.165, 1.54) is 64.2 Å². The van der Waals surface area contributed by atoms with Crippen molar-refractivity contribution in [2.45, 2.75) is 96.1 Å². The molecule has 0 aliphatic rings. The summed E-state index contributed by atoms with van der Waals surface area (Å²) in [4.78, 5) is 17.2. The van der Waals surface area contributed by atoms with Crippen LogP contribution in [0.1, 0.15) is 84.0 Å². The number of nitrogens with two attached hydrogens (primary N) is 1. The van der Waals surface area contributed by atoms with Crippen molar-refractivity contribution in [1.29, 1.82) is 0 Å². The van der Waals surface area contributed by atoms with E-state index in [1.807, 2.05) is 6.08 Å². The van der Waals surface area contributed by atoms with Gasteiger partial charge in [-0.25, -0.2) is 4.57 Å². The van der Waals surface area contributed by atoms with Crippen LogP contribution in [0.25, 0.3) is 0 Å². The molecule has 0 fully saturated rings. The standard InChI is InChI=1S/C18H38NO5P/c1-2-3-4-5-6-7-8-9-10-11-12-13-14-15-18(20)17(19)16-24-25(21,22)23/h14-15,17-18,20H,2-13,16,19H2,1H3,(H2,21,22,23)/t17?,18-/m1/s1. The van der Waals surface area contributed by atoms with E-state index < -0.39 is 20.0 Å². The maximum Gasteiger partial charge on any atom is 0.469 e. The number of allylic oxidation sites excluding steroid dienone is 1. The Morgan fingerprint density at radius 1 is 0.960 bits per heavy atom. The smallest absolute Gasteiger partial charge is 0.387 e. The predicted molar refractivity (Wildman–Crippen MR) is 102 cm³/mol. The lowest BCUT2D eigenvalue weighted by molar-refractivity contribution is 0.129. The highest BCUT2D eigenvalue weighted by molar-refractivity contribution is 7.46. The van der Waals surface area contributed by atoms with Gasteiger partial charge in [-0.05, 0) is 12.8 Å². The van der Waals surface area contributed by atoms with E-state index in [0.29, 0.717) is 0 Å². The van der Waals surface area contributed by atoms with Crippen LogP contribution in [0.15, 0.2) is 12.2 Å². The van der Waals surface area contributed by atoms with Crippen LogP contribution in [0, 0.1) is 0 Å². The third kappa shape index (κ3) is 18.4. The molecule has 6 nitrogen and oxygen atoms in total. The van der Waals surface area contributed by atoms with E-state index >= 15 is 0 Å². The van der Waals surface area contributed by atoms with Gasteiger partial charge in [0.2, 0.25) is 0 Å². The number of aliphatic hydroxyl groups is 1. The van der Waals surface area contributed by atoms with Crippen LogP contribution in [0.4, 0.5) is 0 Å². The summed E-state index contributed by atoms with van der Waals surface area (Å²) >= 11 is 0. The average molecular weight is 379 g/mol. The topological polar surface area (TPSA) is 113 Å². The van der Waals surface area contributed by atoms with E-state index in [-0.39, 0.29) is 6.61 Å². The Bertz CT molecular complexity index is 372. The molecule has 0 rings (SSSR count). The maximum absolute atomic E-state index is 10.6. The third-order valence-electron chi connectivity index (χ3n) is 4.18. The first kappa shape index (κ1) is 24.8. The third-order valence-corrected chi connectivity index (χ3v) is 4.67. The van der Waals surface area contributed by atoms with Gasteiger partial charge in [0.25, 0.3) is 0 Å². The van der Waals surface area contributed by atoms with E-state index in [1.54, 1.807) is 6.08 Å². The molecule has 0 spiro atoms. The van der Waals surface area contributed by atoms with E-state index in [9.17, 15) is 9.67 Å². The summed E-state index contributed by atoms with van der Waals surface area (Å²) in [6.45, 7) is 1.86. The Morgan fingerprint density at radius 3 is 1.92 bits per heavy atom. The molecule has 0 amide bonds. The Morgan fingerprint density at radius 2 is 1.44 bits per heavy atom. The van der Waals surface area contributed by atoms with Crippen LogP contribution in [-0.4, -0.2) is 33.6 Å². The van der Waals surface area contributed by atoms with Gasteiger partial charge in [-0.1, -0.05) is 83.3 Å². The number of phosphoric acid groups is 1.